The molecule has 26 heavy (non-hydrogen) atoms. The van der Waals surface area contributed by atoms with Gasteiger partial charge in [-0.25, -0.2) is 9.37 Å². The van der Waals surface area contributed by atoms with E-state index in [9.17, 15) is 14.0 Å². The predicted molar refractivity (Wildman–Crippen MR) is 101 cm³/mol. The van der Waals surface area contributed by atoms with Crippen LogP contribution in [0.4, 0.5) is 9.52 Å². The zero-order valence-electron chi connectivity index (χ0n) is 15.0. The molecular formula is C18H23FN4O2S. The van der Waals surface area contributed by atoms with Crippen molar-refractivity contribution >= 4 is 28.3 Å². The standard InChI is InChI=1S/C18H23FN4O2S/c1-10(2)16(20)17(25)21-9-15(24)23-18-22-11(3)14(26-18)8-12-4-6-13(19)7-5-12/h4-7,10,16H,8-9,20H2,1-3H3,(H,21,25)(H,22,23,24)/t16-/m0/s1. The Morgan fingerprint density at radius 2 is 1.92 bits per heavy atom. The zero-order chi connectivity index (χ0) is 19.3. The Hall–Kier alpha value is -2.32. The summed E-state index contributed by atoms with van der Waals surface area (Å²) in [7, 11) is 0. The number of anilines is 1. The fourth-order valence-electron chi connectivity index (χ4n) is 2.18. The monoisotopic (exact) mass is 378 g/mol. The molecule has 0 unspecified atom stereocenters. The summed E-state index contributed by atoms with van der Waals surface area (Å²) in [4.78, 5) is 29.1. The molecule has 4 N–H and O–H groups in total. The van der Waals surface area contributed by atoms with E-state index >= 15 is 0 Å². The Bertz CT molecular complexity index is 774. The van der Waals surface area contributed by atoms with Gasteiger partial charge in [0.2, 0.25) is 11.8 Å². The normalized spacial score (nSPS) is 12.1. The molecule has 1 heterocycles. The average Bonchev–Trinajstić information content (AvgIpc) is 2.93. The molecule has 0 aliphatic heterocycles. The van der Waals surface area contributed by atoms with Crippen LogP contribution >= 0.6 is 11.3 Å². The topological polar surface area (TPSA) is 97.1 Å². The first-order valence-electron chi connectivity index (χ1n) is 8.30. The molecule has 0 fully saturated rings. The molecule has 0 saturated heterocycles. The molecule has 8 heteroatoms. The summed E-state index contributed by atoms with van der Waals surface area (Å²) in [5.41, 5.74) is 7.50. The summed E-state index contributed by atoms with van der Waals surface area (Å²) in [6.45, 7) is 5.37. The summed E-state index contributed by atoms with van der Waals surface area (Å²) < 4.78 is 13.0. The number of nitrogens with one attached hydrogen (secondary N) is 2. The predicted octanol–water partition coefficient (Wildman–Crippen LogP) is 2.22. The lowest BCUT2D eigenvalue weighted by molar-refractivity contribution is -0.125. The molecule has 0 radical (unpaired) electrons. The molecule has 2 amide bonds. The second-order valence-electron chi connectivity index (χ2n) is 6.37. The smallest absolute Gasteiger partial charge is 0.245 e. The maximum Gasteiger partial charge on any atom is 0.245 e. The lowest BCUT2D eigenvalue weighted by Crippen LogP contribution is -2.46. The summed E-state index contributed by atoms with van der Waals surface area (Å²) in [5, 5.41) is 5.66. The second-order valence-corrected chi connectivity index (χ2v) is 7.45. The van der Waals surface area contributed by atoms with E-state index in [2.05, 4.69) is 15.6 Å². The number of nitrogens with two attached hydrogens (primary N) is 1. The SMILES string of the molecule is Cc1nc(NC(=O)CNC(=O)[C@@H](N)C(C)C)sc1Cc1ccc(F)cc1. The van der Waals surface area contributed by atoms with Crippen LogP contribution in [0.15, 0.2) is 24.3 Å². The van der Waals surface area contributed by atoms with E-state index in [0.717, 1.165) is 16.1 Å². The van der Waals surface area contributed by atoms with Crippen LogP contribution in [-0.2, 0) is 16.0 Å². The van der Waals surface area contributed by atoms with E-state index in [0.29, 0.717) is 11.6 Å². The van der Waals surface area contributed by atoms with Crippen molar-refractivity contribution in [3.8, 4) is 0 Å². The molecule has 140 valence electrons. The van der Waals surface area contributed by atoms with Crippen LogP contribution in [0.2, 0.25) is 0 Å². The number of nitrogens with zero attached hydrogens (tertiary/aromatic N) is 1. The lowest BCUT2D eigenvalue weighted by Gasteiger charge is -2.14. The number of benzene rings is 1. The van der Waals surface area contributed by atoms with E-state index in [4.69, 9.17) is 5.73 Å². The molecule has 0 bridgehead atoms. The number of hydrogen-bond acceptors (Lipinski definition) is 5. The average molecular weight is 378 g/mol. The van der Waals surface area contributed by atoms with E-state index in [1.165, 1.54) is 23.5 Å². The lowest BCUT2D eigenvalue weighted by atomic mass is 10.1. The van der Waals surface area contributed by atoms with Gasteiger partial charge in [-0.15, -0.1) is 11.3 Å². The minimum absolute atomic E-state index is 0.00584. The van der Waals surface area contributed by atoms with E-state index in [-0.39, 0.29) is 30.1 Å². The van der Waals surface area contributed by atoms with Crippen molar-refractivity contribution < 1.29 is 14.0 Å². The first-order chi connectivity index (χ1) is 12.3. The number of rotatable bonds is 7. The van der Waals surface area contributed by atoms with Crippen molar-refractivity contribution in [2.24, 2.45) is 11.7 Å². The van der Waals surface area contributed by atoms with Gasteiger partial charge in [0.25, 0.3) is 0 Å². The van der Waals surface area contributed by atoms with Gasteiger partial charge >= 0.3 is 0 Å². The Morgan fingerprint density at radius 1 is 1.27 bits per heavy atom. The summed E-state index contributed by atoms with van der Waals surface area (Å²) >= 11 is 1.36. The van der Waals surface area contributed by atoms with Crippen LogP contribution < -0.4 is 16.4 Å². The van der Waals surface area contributed by atoms with Gasteiger partial charge in [-0.1, -0.05) is 26.0 Å². The highest BCUT2D eigenvalue weighted by atomic mass is 32.1. The molecule has 0 aliphatic carbocycles. The molecule has 1 aromatic carbocycles. The molecule has 1 atom stereocenters. The zero-order valence-corrected chi connectivity index (χ0v) is 15.8. The van der Waals surface area contributed by atoms with E-state index in [1.807, 2.05) is 20.8 Å². The Morgan fingerprint density at radius 3 is 2.54 bits per heavy atom. The van der Waals surface area contributed by atoms with Crippen LogP contribution in [-0.4, -0.2) is 29.4 Å². The number of carbonyl (C=O) groups is 2. The summed E-state index contributed by atoms with van der Waals surface area (Å²) in [6, 6.07) is 5.63. The van der Waals surface area contributed by atoms with Crippen LogP contribution in [0.25, 0.3) is 0 Å². The molecule has 1 aromatic heterocycles. The van der Waals surface area contributed by atoms with Crippen molar-refractivity contribution in [2.45, 2.75) is 33.2 Å². The highest BCUT2D eigenvalue weighted by molar-refractivity contribution is 7.15. The Balaban J connectivity index is 1.91. The maximum absolute atomic E-state index is 13.0. The minimum Gasteiger partial charge on any atom is -0.346 e. The van der Waals surface area contributed by atoms with Gasteiger partial charge in [0, 0.05) is 11.3 Å². The Kier molecular flexibility index (Phi) is 6.82. The molecule has 0 saturated carbocycles. The van der Waals surface area contributed by atoms with Crippen LogP contribution in [0.1, 0.15) is 30.0 Å². The number of thiazole rings is 1. The quantitative estimate of drug-likeness (QED) is 0.688. The minimum atomic E-state index is -0.646. The van der Waals surface area contributed by atoms with Crippen LogP contribution in [0.3, 0.4) is 0 Å². The van der Waals surface area contributed by atoms with Crippen LogP contribution in [0, 0.1) is 18.7 Å². The third-order valence-electron chi connectivity index (χ3n) is 3.86. The first-order valence-corrected chi connectivity index (χ1v) is 9.11. The van der Waals surface area contributed by atoms with Crippen LogP contribution in [0.5, 0.6) is 0 Å². The van der Waals surface area contributed by atoms with Gasteiger partial charge in [-0.3, -0.25) is 9.59 Å². The largest absolute Gasteiger partial charge is 0.346 e. The van der Waals surface area contributed by atoms with Gasteiger partial charge < -0.3 is 16.4 Å². The highest BCUT2D eigenvalue weighted by Crippen LogP contribution is 2.25. The highest BCUT2D eigenvalue weighted by Gasteiger charge is 2.18. The van der Waals surface area contributed by atoms with Gasteiger partial charge in [0.05, 0.1) is 18.3 Å². The number of aryl methyl sites for hydroxylation is 1. The number of aromatic nitrogens is 1. The molecule has 0 aliphatic rings. The van der Waals surface area contributed by atoms with Crippen molar-refractivity contribution in [3.05, 3.63) is 46.2 Å². The fraction of sp³-hybridized carbons (Fsp3) is 0.389. The summed E-state index contributed by atoms with van der Waals surface area (Å²) in [5.74, 6) is -1.01. The Labute approximate surface area is 156 Å². The molecule has 2 aromatic rings. The van der Waals surface area contributed by atoms with Crippen molar-refractivity contribution in [2.75, 3.05) is 11.9 Å². The molecule has 6 nitrogen and oxygen atoms in total. The van der Waals surface area contributed by atoms with Crippen molar-refractivity contribution in [3.63, 3.8) is 0 Å². The number of carbonyl (C=O) groups excluding carboxylic acids is 2. The molecule has 0 spiro atoms. The molecule has 2 rings (SSSR count). The van der Waals surface area contributed by atoms with Gasteiger partial charge in [-0.05, 0) is 30.5 Å². The van der Waals surface area contributed by atoms with Crippen molar-refractivity contribution in [1.82, 2.24) is 10.3 Å². The van der Waals surface area contributed by atoms with E-state index in [1.54, 1.807) is 12.1 Å². The fourth-order valence-corrected chi connectivity index (χ4v) is 3.20. The maximum atomic E-state index is 13.0. The number of halogens is 1. The third kappa shape index (κ3) is 5.60. The van der Waals surface area contributed by atoms with Gasteiger partial charge in [-0.2, -0.15) is 0 Å². The van der Waals surface area contributed by atoms with Gasteiger partial charge in [0.1, 0.15) is 5.82 Å². The van der Waals surface area contributed by atoms with Gasteiger partial charge in [0.15, 0.2) is 5.13 Å². The number of hydrogen-bond donors (Lipinski definition) is 3. The molecular weight excluding hydrogens is 355 g/mol. The summed E-state index contributed by atoms with van der Waals surface area (Å²) in [6.07, 6.45) is 0.611. The van der Waals surface area contributed by atoms with Crippen molar-refractivity contribution in [1.29, 1.82) is 0 Å². The number of amides is 2. The second kappa shape index (κ2) is 8.86. The van der Waals surface area contributed by atoms with E-state index < -0.39 is 6.04 Å². The third-order valence-corrected chi connectivity index (χ3v) is 4.93. The first kappa shape index (κ1) is 20.0.